The molecule has 0 radical (unpaired) electrons. The lowest BCUT2D eigenvalue weighted by atomic mass is 10.0. The van der Waals surface area contributed by atoms with Crippen molar-refractivity contribution in [3.63, 3.8) is 0 Å². The number of phenols is 1. The molecule has 1 aromatic carbocycles. The van der Waals surface area contributed by atoms with E-state index in [9.17, 15) is 5.11 Å². The van der Waals surface area contributed by atoms with Crippen molar-refractivity contribution in [3.8, 4) is 5.75 Å². The van der Waals surface area contributed by atoms with Gasteiger partial charge in [-0.05, 0) is 49.6 Å². The van der Waals surface area contributed by atoms with Gasteiger partial charge in [0.2, 0.25) is 0 Å². The number of benzene rings is 1. The Labute approximate surface area is 78.0 Å². The summed E-state index contributed by atoms with van der Waals surface area (Å²) in [6, 6.07) is 3.47. The molecule has 1 N–H and O–H groups in total. The summed E-state index contributed by atoms with van der Waals surface area (Å²) in [6.07, 6.45) is 0. The Balaban J connectivity index is 3.38. The smallest absolute Gasteiger partial charge is 0.116 e. The lowest BCUT2D eigenvalue weighted by molar-refractivity contribution is 0.474. The number of aryl methyl sites for hydroxylation is 2. The summed E-state index contributed by atoms with van der Waals surface area (Å²) in [5.41, 5.74) is 3.17. The van der Waals surface area contributed by atoms with Crippen LogP contribution in [0.25, 0.3) is 0 Å². The van der Waals surface area contributed by atoms with Crippen molar-refractivity contribution < 1.29 is 5.11 Å². The predicted octanol–water partition coefficient (Wildman–Crippen LogP) is 2.75. The first-order chi connectivity index (χ1) is 5.52. The van der Waals surface area contributed by atoms with Crippen LogP contribution in [0.5, 0.6) is 5.75 Å². The van der Waals surface area contributed by atoms with Crippen LogP contribution in [0, 0.1) is 13.8 Å². The summed E-state index contributed by atoms with van der Waals surface area (Å²) in [4.78, 5) is 0.880. The van der Waals surface area contributed by atoms with E-state index in [-0.39, 0.29) is 0 Å². The highest BCUT2D eigenvalue weighted by molar-refractivity contribution is 7.80. The lowest BCUT2D eigenvalue weighted by Crippen LogP contribution is -1.97. The first-order valence-electron chi connectivity index (χ1n) is 3.83. The molecule has 0 spiro atoms. The van der Waals surface area contributed by atoms with Crippen LogP contribution in [0.2, 0.25) is 0 Å². The van der Waals surface area contributed by atoms with Gasteiger partial charge in [-0.15, -0.1) is 0 Å². The molecule has 0 amide bonds. The third kappa shape index (κ3) is 1.64. The number of hydrogen-bond acceptors (Lipinski definition) is 2. The minimum absolute atomic E-state index is 0.310. The Morgan fingerprint density at radius 3 is 2.00 bits per heavy atom. The maximum absolute atomic E-state index is 9.26. The highest BCUT2D eigenvalue weighted by atomic mass is 32.1. The molecule has 0 aliphatic heterocycles. The molecule has 0 saturated heterocycles. The Bertz CT molecular complexity index is 306. The molecule has 0 unspecified atom stereocenters. The Morgan fingerprint density at radius 1 is 1.25 bits per heavy atom. The van der Waals surface area contributed by atoms with Crippen molar-refractivity contribution in [1.82, 2.24) is 0 Å². The van der Waals surface area contributed by atoms with Gasteiger partial charge in [0.1, 0.15) is 5.75 Å². The number of hydrogen-bond donors (Lipinski definition) is 1. The van der Waals surface area contributed by atoms with Crippen molar-refractivity contribution in [2.45, 2.75) is 20.8 Å². The van der Waals surface area contributed by atoms with Crippen LogP contribution in [-0.2, 0) is 0 Å². The topological polar surface area (TPSA) is 20.2 Å². The van der Waals surface area contributed by atoms with E-state index in [4.69, 9.17) is 12.2 Å². The fraction of sp³-hybridized carbons (Fsp3) is 0.300. The zero-order chi connectivity index (χ0) is 9.30. The maximum atomic E-state index is 9.26. The van der Waals surface area contributed by atoms with Gasteiger partial charge in [0.05, 0.1) is 0 Å². The van der Waals surface area contributed by atoms with Gasteiger partial charge < -0.3 is 5.11 Å². The quantitative estimate of drug-likeness (QED) is 0.529. The number of phenolic OH excluding ortho intramolecular Hbond substituents is 1. The molecule has 0 bridgehead atoms. The highest BCUT2D eigenvalue weighted by Gasteiger charge is 2.05. The Hall–Kier alpha value is -0.890. The Morgan fingerprint density at radius 2 is 1.67 bits per heavy atom. The SMILES string of the molecule is CC(=S)c1c(C)cc(O)cc1C. The summed E-state index contributed by atoms with van der Waals surface area (Å²) in [5.74, 6) is 0.310. The molecule has 0 heterocycles. The van der Waals surface area contributed by atoms with Gasteiger partial charge >= 0.3 is 0 Å². The first kappa shape index (κ1) is 9.20. The van der Waals surface area contributed by atoms with Crippen LogP contribution in [-0.4, -0.2) is 9.97 Å². The third-order valence-corrected chi connectivity index (χ3v) is 2.07. The maximum Gasteiger partial charge on any atom is 0.116 e. The summed E-state index contributed by atoms with van der Waals surface area (Å²) < 4.78 is 0. The van der Waals surface area contributed by atoms with Crippen LogP contribution in [0.4, 0.5) is 0 Å². The molecular weight excluding hydrogens is 168 g/mol. The van der Waals surface area contributed by atoms with Crippen LogP contribution >= 0.6 is 12.2 Å². The van der Waals surface area contributed by atoms with E-state index < -0.39 is 0 Å². The average molecular weight is 180 g/mol. The first-order valence-corrected chi connectivity index (χ1v) is 4.24. The van der Waals surface area contributed by atoms with Crippen molar-refractivity contribution in [1.29, 1.82) is 0 Å². The minimum Gasteiger partial charge on any atom is -0.508 e. The highest BCUT2D eigenvalue weighted by Crippen LogP contribution is 2.21. The van der Waals surface area contributed by atoms with Crippen molar-refractivity contribution >= 4 is 17.1 Å². The molecule has 0 aliphatic carbocycles. The van der Waals surface area contributed by atoms with Gasteiger partial charge in [0.15, 0.2) is 0 Å². The molecule has 0 aromatic heterocycles. The molecular formula is C10H12OS. The molecule has 64 valence electrons. The van der Waals surface area contributed by atoms with E-state index in [0.29, 0.717) is 5.75 Å². The fourth-order valence-electron chi connectivity index (χ4n) is 1.50. The number of thiocarbonyl (C=S) groups is 1. The molecule has 0 aliphatic rings. The van der Waals surface area contributed by atoms with Gasteiger partial charge in [0.25, 0.3) is 0 Å². The van der Waals surface area contributed by atoms with Crippen molar-refractivity contribution in [3.05, 3.63) is 28.8 Å². The van der Waals surface area contributed by atoms with E-state index in [0.717, 1.165) is 21.6 Å². The van der Waals surface area contributed by atoms with Gasteiger partial charge in [-0.2, -0.15) is 0 Å². The van der Waals surface area contributed by atoms with E-state index in [1.165, 1.54) is 0 Å². The predicted molar refractivity (Wildman–Crippen MR) is 55.0 cm³/mol. The second-order valence-electron chi connectivity index (χ2n) is 3.01. The standard InChI is InChI=1S/C10H12OS/c1-6-4-9(11)5-7(2)10(6)8(3)12/h4-5,11H,1-3H3. The zero-order valence-corrected chi connectivity index (χ0v) is 8.33. The van der Waals surface area contributed by atoms with E-state index >= 15 is 0 Å². The van der Waals surface area contributed by atoms with Crippen LogP contribution in [0.15, 0.2) is 12.1 Å². The van der Waals surface area contributed by atoms with Crippen molar-refractivity contribution in [2.24, 2.45) is 0 Å². The molecule has 0 atom stereocenters. The van der Waals surface area contributed by atoms with Crippen LogP contribution in [0.3, 0.4) is 0 Å². The summed E-state index contributed by atoms with van der Waals surface area (Å²) in [7, 11) is 0. The monoisotopic (exact) mass is 180 g/mol. The molecule has 0 saturated carbocycles. The van der Waals surface area contributed by atoms with E-state index in [2.05, 4.69) is 0 Å². The van der Waals surface area contributed by atoms with Gasteiger partial charge in [0, 0.05) is 4.86 Å². The fourth-order valence-corrected chi connectivity index (χ4v) is 1.82. The molecule has 1 nitrogen and oxygen atoms in total. The second kappa shape index (κ2) is 3.23. The lowest BCUT2D eigenvalue weighted by Gasteiger charge is -2.08. The molecule has 0 fully saturated rings. The number of rotatable bonds is 1. The summed E-state index contributed by atoms with van der Waals surface area (Å²) in [6.45, 7) is 5.82. The summed E-state index contributed by atoms with van der Waals surface area (Å²) >= 11 is 5.10. The molecule has 2 heteroatoms. The molecule has 1 aromatic rings. The van der Waals surface area contributed by atoms with Gasteiger partial charge in [-0.3, -0.25) is 0 Å². The number of aromatic hydroxyl groups is 1. The molecule has 1 rings (SSSR count). The summed E-state index contributed by atoms with van der Waals surface area (Å²) in [5, 5.41) is 9.26. The second-order valence-corrected chi connectivity index (χ2v) is 3.62. The van der Waals surface area contributed by atoms with Crippen LogP contribution < -0.4 is 0 Å². The average Bonchev–Trinajstić information content (AvgIpc) is 1.82. The van der Waals surface area contributed by atoms with Gasteiger partial charge in [-0.25, -0.2) is 0 Å². The minimum atomic E-state index is 0.310. The van der Waals surface area contributed by atoms with E-state index in [1.54, 1.807) is 12.1 Å². The van der Waals surface area contributed by atoms with E-state index in [1.807, 2.05) is 20.8 Å². The molecule has 12 heavy (non-hydrogen) atoms. The van der Waals surface area contributed by atoms with Crippen LogP contribution in [0.1, 0.15) is 23.6 Å². The zero-order valence-electron chi connectivity index (χ0n) is 7.51. The van der Waals surface area contributed by atoms with Crippen molar-refractivity contribution in [2.75, 3.05) is 0 Å². The third-order valence-electron chi connectivity index (χ3n) is 1.87. The van der Waals surface area contributed by atoms with Gasteiger partial charge in [-0.1, -0.05) is 12.2 Å². The normalized spacial score (nSPS) is 9.92. The Kier molecular flexibility index (Phi) is 2.48. The largest absolute Gasteiger partial charge is 0.508 e.